The van der Waals surface area contributed by atoms with Gasteiger partial charge in [-0.15, -0.1) is 11.3 Å². The lowest BCUT2D eigenvalue weighted by Crippen LogP contribution is -2.37. The van der Waals surface area contributed by atoms with Crippen LogP contribution in [0.4, 0.5) is 5.13 Å². The van der Waals surface area contributed by atoms with E-state index in [0.717, 1.165) is 50.8 Å². The minimum Gasteiger partial charge on any atom is -0.334 e. The Balaban J connectivity index is 1.50. The van der Waals surface area contributed by atoms with Crippen LogP contribution in [-0.2, 0) is 4.79 Å². The standard InChI is InChI=1S/C20H24N4O2S/c25-18(23-20-21-11-13-27-20)16-9-4-8-15(22-16)17-10-5-12-24(17)19(26)14-6-2-1-3-7-14/h4,8-9,11,13-14,17H,1-3,5-7,10,12H2,(H,21,23,25)/t17-/m0/s1. The Bertz CT molecular complexity index is 802. The molecule has 27 heavy (non-hydrogen) atoms. The quantitative estimate of drug-likeness (QED) is 0.863. The second kappa shape index (κ2) is 8.17. The number of nitrogens with one attached hydrogen (secondary N) is 1. The molecular formula is C20H24N4O2S. The summed E-state index contributed by atoms with van der Waals surface area (Å²) in [4.78, 5) is 36.1. The van der Waals surface area contributed by atoms with Gasteiger partial charge in [0.2, 0.25) is 5.91 Å². The molecule has 0 aromatic carbocycles. The van der Waals surface area contributed by atoms with Crippen molar-refractivity contribution in [3.05, 3.63) is 41.2 Å². The van der Waals surface area contributed by atoms with Crippen molar-refractivity contribution >= 4 is 28.3 Å². The number of rotatable bonds is 4. The van der Waals surface area contributed by atoms with E-state index in [2.05, 4.69) is 15.3 Å². The molecular weight excluding hydrogens is 360 g/mol. The fourth-order valence-electron chi connectivity index (χ4n) is 4.13. The van der Waals surface area contributed by atoms with Crippen molar-refractivity contribution in [1.29, 1.82) is 0 Å². The van der Waals surface area contributed by atoms with Crippen molar-refractivity contribution in [1.82, 2.24) is 14.9 Å². The summed E-state index contributed by atoms with van der Waals surface area (Å²) < 4.78 is 0. The van der Waals surface area contributed by atoms with Crippen LogP contribution in [-0.4, -0.2) is 33.2 Å². The van der Waals surface area contributed by atoms with E-state index < -0.39 is 0 Å². The average Bonchev–Trinajstić information content (AvgIpc) is 3.40. The normalized spacial score (nSPS) is 20.6. The zero-order valence-electron chi connectivity index (χ0n) is 15.3. The van der Waals surface area contributed by atoms with Gasteiger partial charge in [-0.25, -0.2) is 9.97 Å². The number of pyridine rings is 1. The fourth-order valence-corrected chi connectivity index (χ4v) is 4.66. The number of thiazole rings is 1. The molecule has 1 saturated carbocycles. The molecule has 2 fully saturated rings. The third-order valence-electron chi connectivity index (χ3n) is 5.49. The summed E-state index contributed by atoms with van der Waals surface area (Å²) in [7, 11) is 0. The first kappa shape index (κ1) is 18.1. The van der Waals surface area contributed by atoms with Crippen LogP contribution in [0.2, 0.25) is 0 Å². The summed E-state index contributed by atoms with van der Waals surface area (Å²) in [6.45, 7) is 0.789. The molecule has 6 nitrogen and oxygen atoms in total. The molecule has 0 bridgehead atoms. The second-order valence-electron chi connectivity index (χ2n) is 7.26. The lowest BCUT2D eigenvalue weighted by molar-refractivity contribution is -0.137. The number of aromatic nitrogens is 2. The van der Waals surface area contributed by atoms with Gasteiger partial charge in [0.05, 0.1) is 11.7 Å². The van der Waals surface area contributed by atoms with Crippen molar-refractivity contribution in [2.24, 2.45) is 5.92 Å². The van der Waals surface area contributed by atoms with Crippen LogP contribution in [0.1, 0.15) is 67.2 Å². The van der Waals surface area contributed by atoms with Crippen LogP contribution in [0.15, 0.2) is 29.8 Å². The molecule has 3 heterocycles. The molecule has 0 radical (unpaired) electrons. The number of amides is 2. The first-order valence-corrected chi connectivity index (χ1v) is 10.6. The predicted octanol–water partition coefficient (Wildman–Crippen LogP) is 4.03. The number of hydrogen-bond acceptors (Lipinski definition) is 5. The maximum Gasteiger partial charge on any atom is 0.276 e. The summed E-state index contributed by atoms with van der Waals surface area (Å²) in [5.41, 5.74) is 1.17. The Morgan fingerprint density at radius 1 is 1.11 bits per heavy atom. The van der Waals surface area contributed by atoms with Crippen LogP contribution in [0.25, 0.3) is 0 Å². The van der Waals surface area contributed by atoms with Gasteiger partial charge >= 0.3 is 0 Å². The van der Waals surface area contributed by atoms with Gasteiger partial charge in [-0.3, -0.25) is 14.9 Å². The highest BCUT2D eigenvalue weighted by molar-refractivity contribution is 7.13. The fraction of sp³-hybridized carbons (Fsp3) is 0.500. The lowest BCUT2D eigenvalue weighted by Gasteiger charge is -2.30. The van der Waals surface area contributed by atoms with Crippen LogP contribution in [0, 0.1) is 5.92 Å². The second-order valence-corrected chi connectivity index (χ2v) is 8.16. The Hall–Kier alpha value is -2.28. The molecule has 1 N–H and O–H groups in total. The molecule has 1 saturated heterocycles. The van der Waals surface area contributed by atoms with Crippen molar-refractivity contribution in [2.75, 3.05) is 11.9 Å². The van der Waals surface area contributed by atoms with E-state index in [0.29, 0.717) is 10.8 Å². The minimum absolute atomic E-state index is 0.0213. The van der Waals surface area contributed by atoms with Gasteiger partial charge in [0.25, 0.3) is 5.91 Å². The van der Waals surface area contributed by atoms with Crippen LogP contribution >= 0.6 is 11.3 Å². The largest absolute Gasteiger partial charge is 0.334 e. The number of carbonyl (C=O) groups excluding carboxylic acids is 2. The first-order chi connectivity index (χ1) is 13.2. The number of hydrogen-bond donors (Lipinski definition) is 1. The number of nitrogens with zero attached hydrogens (tertiary/aromatic N) is 3. The molecule has 0 spiro atoms. The van der Waals surface area contributed by atoms with Gasteiger partial charge in [0.15, 0.2) is 5.13 Å². The SMILES string of the molecule is O=C(Nc1nccs1)c1cccc([C@@H]2CCCN2C(=O)C2CCCCC2)n1. The maximum absolute atomic E-state index is 13.0. The summed E-state index contributed by atoms with van der Waals surface area (Å²) >= 11 is 1.37. The molecule has 2 aromatic rings. The third kappa shape index (κ3) is 4.03. The van der Waals surface area contributed by atoms with Crippen LogP contribution in [0.5, 0.6) is 0 Å². The van der Waals surface area contributed by atoms with Gasteiger partial charge in [0, 0.05) is 24.0 Å². The maximum atomic E-state index is 13.0. The first-order valence-electron chi connectivity index (χ1n) is 9.70. The molecule has 2 aromatic heterocycles. The summed E-state index contributed by atoms with van der Waals surface area (Å²) in [5.74, 6) is 0.169. The van der Waals surface area contributed by atoms with Crippen LogP contribution in [0.3, 0.4) is 0 Å². The summed E-state index contributed by atoms with van der Waals surface area (Å²) in [6.07, 6.45) is 9.10. The number of anilines is 1. The molecule has 7 heteroatoms. The molecule has 1 atom stereocenters. The Kier molecular flexibility index (Phi) is 5.48. The molecule has 142 valence electrons. The Morgan fingerprint density at radius 2 is 1.96 bits per heavy atom. The van der Waals surface area contributed by atoms with Gasteiger partial charge in [0.1, 0.15) is 5.69 Å². The number of carbonyl (C=O) groups is 2. The highest BCUT2D eigenvalue weighted by Crippen LogP contribution is 2.35. The van der Waals surface area contributed by atoms with E-state index >= 15 is 0 Å². The van der Waals surface area contributed by atoms with E-state index in [1.165, 1.54) is 17.8 Å². The zero-order valence-corrected chi connectivity index (χ0v) is 16.1. The highest BCUT2D eigenvalue weighted by atomic mass is 32.1. The molecule has 2 amide bonds. The lowest BCUT2D eigenvalue weighted by atomic mass is 9.88. The van der Waals surface area contributed by atoms with E-state index in [1.807, 2.05) is 22.4 Å². The van der Waals surface area contributed by atoms with Gasteiger partial charge in [-0.1, -0.05) is 25.3 Å². The van der Waals surface area contributed by atoms with Gasteiger partial charge in [-0.2, -0.15) is 0 Å². The van der Waals surface area contributed by atoms with Crippen molar-refractivity contribution < 1.29 is 9.59 Å². The molecule has 4 rings (SSSR count). The van der Waals surface area contributed by atoms with Crippen molar-refractivity contribution in [3.8, 4) is 0 Å². The van der Waals surface area contributed by atoms with Gasteiger partial charge in [-0.05, 0) is 37.8 Å². The van der Waals surface area contributed by atoms with E-state index in [-0.39, 0.29) is 23.8 Å². The minimum atomic E-state index is -0.269. The molecule has 0 unspecified atom stereocenters. The third-order valence-corrected chi connectivity index (χ3v) is 6.18. The molecule has 1 aliphatic heterocycles. The predicted molar refractivity (Wildman–Crippen MR) is 105 cm³/mol. The van der Waals surface area contributed by atoms with Crippen LogP contribution < -0.4 is 5.32 Å². The van der Waals surface area contributed by atoms with Gasteiger partial charge < -0.3 is 4.90 Å². The summed E-state index contributed by atoms with van der Waals surface area (Å²) in [5, 5.41) is 5.14. The van der Waals surface area contributed by atoms with E-state index in [9.17, 15) is 9.59 Å². The zero-order chi connectivity index (χ0) is 18.6. The monoisotopic (exact) mass is 384 g/mol. The molecule has 1 aliphatic carbocycles. The average molecular weight is 385 g/mol. The van der Waals surface area contributed by atoms with E-state index in [4.69, 9.17) is 0 Å². The summed E-state index contributed by atoms with van der Waals surface area (Å²) in [6, 6.07) is 5.46. The Morgan fingerprint density at radius 3 is 2.74 bits per heavy atom. The van der Waals surface area contributed by atoms with E-state index in [1.54, 1.807) is 12.3 Å². The molecule has 2 aliphatic rings. The Labute approximate surface area is 163 Å². The topological polar surface area (TPSA) is 75.2 Å². The highest BCUT2D eigenvalue weighted by Gasteiger charge is 2.35. The smallest absolute Gasteiger partial charge is 0.276 e. The number of likely N-dealkylation sites (tertiary alicyclic amines) is 1. The van der Waals surface area contributed by atoms with Crippen molar-refractivity contribution in [2.45, 2.75) is 51.0 Å². The van der Waals surface area contributed by atoms with Crippen molar-refractivity contribution in [3.63, 3.8) is 0 Å².